The van der Waals surface area contributed by atoms with Gasteiger partial charge in [0.25, 0.3) is 0 Å². The maximum atomic E-state index is 12.7. The Labute approximate surface area is 148 Å². The van der Waals surface area contributed by atoms with Gasteiger partial charge in [0.05, 0.1) is 14.2 Å². The second-order valence-electron chi connectivity index (χ2n) is 6.92. The van der Waals surface area contributed by atoms with Gasteiger partial charge in [-0.1, -0.05) is 36.4 Å². The minimum absolute atomic E-state index is 0.244. The molecule has 3 atom stereocenters. The third-order valence-corrected chi connectivity index (χ3v) is 5.42. The summed E-state index contributed by atoms with van der Waals surface area (Å²) in [5.41, 5.74) is 2.37. The first-order chi connectivity index (χ1) is 12.2. The number of nitrogens with zero attached hydrogens (tertiary/aromatic N) is 1. The molecular formula is C21H23NO3. The SMILES string of the molecule is COc1ccc(CN2C(=O)C3CC3C2Cc2ccccc2)cc1OC. The van der Waals surface area contributed by atoms with Crippen LogP contribution in [0.1, 0.15) is 17.5 Å². The van der Waals surface area contributed by atoms with Gasteiger partial charge in [0, 0.05) is 18.5 Å². The molecule has 2 aliphatic rings. The van der Waals surface area contributed by atoms with Crippen LogP contribution in [-0.2, 0) is 17.8 Å². The Morgan fingerprint density at radius 1 is 1.00 bits per heavy atom. The molecule has 0 bridgehead atoms. The number of amides is 1. The normalized spacial score (nSPS) is 24.2. The van der Waals surface area contributed by atoms with Crippen LogP contribution in [0, 0.1) is 11.8 Å². The van der Waals surface area contributed by atoms with Gasteiger partial charge in [-0.05, 0) is 42.0 Å². The number of fused-ring (bicyclic) bond motifs is 1. The van der Waals surface area contributed by atoms with Crippen LogP contribution in [0.3, 0.4) is 0 Å². The third-order valence-electron chi connectivity index (χ3n) is 5.42. The number of benzene rings is 2. The van der Waals surface area contributed by atoms with Gasteiger partial charge in [0.1, 0.15) is 0 Å². The lowest BCUT2D eigenvalue weighted by Gasteiger charge is -2.28. The molecule has 1 saturated carbocycles. The smallest absolute Gasteiger partial charge is 0.226 e. The number of carbonyl (C=O) groups is 1. The highest BCUT2D eigenvalue weighted by Crippen LogP contribution is 2.51. The van der Waals surface area contributed by atoms with E-state index >= 15 is 0 Å². The van der Waals surface area contributed by atoms with Crippen molar-refractivity contribution in [3.05, 3.63) is 59.7 Å². The van der Waals surface area contributed by atoms with E-state index in [4.69, 9.17) is 9.47 Å². The molecular weight excluding hydrogens is 314 g/mol. The van der Waals surface area contributed by atoms with Gasteiger partial charge in [-0.3, -0.25) is 4.79 Å². The average Bonchev–Trinajstić information content (AvgIpc) is 3.40. The monoisotopic (exact) mass is 337 g/mol. The zero-order valence-corrected chi connectivity index (χ0v) is 14.6. The van der Waals surface area contributed by atoms with Crippen molar-refractivity contribution < 1.29 is 14.3 Å². The van der Waals surface area contributed by atoms with E-state index in [0.29, 0.717) is 35.9 Å². The molecule has 2 aromatic carbocycles. The summed E-state index contributed by atoms with van der Waals surface area (Å²) in [5, 5.41) is 0. The first-order valence-electron chi connectivity index (χ1n) is 8.76. The average molecular weight is 337 g/mol. The summed E-state index contributed by atoms with van der Waals surface area (Å²) < 4.78 is 10.7. The van der Waals surface area contributed by atoms with Crippen LogP contribution in [0.25, 0.3) is 0 Å². The molecule has 1 saturated heterocycles. The van der Waals surface area contributed by atoms with Crippen molar-refractivity contribution in [2.24, 2.45) is 11.8 Å². The molecule has 2 fully saturated rings. The lowest BCUT2D eigenvalue weighted by molar-refractivity contribution is -0.132. The van der Waals surface area contributed by atoms with E-state index in [-0.39, 0.29) is 5.92 Å². The number of rotatable bonds is 6. The Morgan fingerprint density at radius 3 is 2.48 bits per heavy atom. The lowest BCUT2D eigenvalue weighted by Crippen LogP contribution is -2.37. The number of carbonyl (C=O) groups excluding carboxylic acids is 1. The number of likely N-dealkylation sites (tertiary alicyclic amines) is 1. The Bertz CT molecular complexity index is 774. The highest BCUT2D eigenvalue weighted by molar-refractivity contribution is 5.85. The van der Waals surface area contributed by atoms with Crippen LogP contribution in [-0.4, -0.2) is 31.1 Å². The van der Waals surface area contributed by atoms with Crippen LogP contribution in [0.4, 0.5) is 0 Å². The lowest BCUT2D eigenvalue weighted by atomic mass is 10.0. The molecule has 4 nitrogen and oxygen atoms in total. The van der Waals surface area contributed by atoms with Crippen molar-refractivity contribution in [3.8, 4) is 11.5 Å². The Balaban J connectivity index is 1.55. The fourth-order valence-corrected chi connectivity index (χ4v) is 4.02. The van der Waals surface area contributed by atoms with Crippen LogP contribution in [0.15, 0.2) is 48.5 Å². The van der Waals surface area contributed by atoms with Gasteiger partial charge in [0.2, 0.25) is 5.91 Å². The number of methoxy groups -OCH3 is 2. The summed E-state index contributed by atoms with van der Waals surface area (Å²) >= 11 is 0. The van der Waals surface area contributed by atoms with E-state index in [1.807, 2.05) is 24.3 Å². The van der Waals surface area contributed by atoms with E-state index in [1.165, 1.54) is 5.56 Å². The van der Waals surface area contributed by atoms with E-state index in [9.17, 15) is 4.79 Å². The molecule has 3 unspecified atom stereocenters. The predicted molar refractivity (Wildman–Crippen MR) is 95.6 cm³/mol. The summed E-state index contributed by atoms with van der Waals surface area (Å²) in [6.45, 7) is 0.629. The van der Waals surface area contributed by atoms with Crippen molar-refractivity contribution in [2.45, 2.75) is 25.4 Å². The van der Waals surface area contributed by atoms with Crippen LogP contribution >= 0.6 is 0 Å². The quantitative estimate of drug-likeness (QED) is 0.812. The summed E-state index contributed by atoms with van der Waals surface area (Å²) in [6, 6.07) is 16.6. The topological polar surface area (TPSA) is 38.8 Å². The summed E-state index contributed by atoms with van der Waals surface area (Å²) in [7, 11) is 3.26. The van der Waals surface area contributed by atoms with E-state index in [2.05, 4.69) is 29.2 Å². The maximum absolute atomic E-state index is 12.7. The second-order valence-corrected chi connectivity index (χ2v) is 6.92. The minimum atomic E-state index is 0.244. The van der Waals surface area contributed by atoms with Crippen molar-refractivity contribution >= 4 is 5.91 Å². The summed E-state index contributed by atoms with van der Waals surface area (Å²) in [6.07, 6.45) is 1.99. The molecule has 2 aromatic rings. The van der Waals surface area contributed by atoms with E-state index < -0.39 is 0 Å². The minimum Gasteiger partial charge on any atom is -0.493 e. The van der Waals surface area contributed by atoms with E-state index in [1.54, 1.807) is 14.2 Å². The van der Waals surface area contributed by atoms with Crippen LogP contribution in [0.2, 0.25) is 0 Å². The molecule has 4 rings (SSSR count). The van der Waals surface area contributed by atoms with Crippen LogP contribution < -0.4 is 9.47 Å². The van der Waals surface area contributed by atoms with Gasteiger partial charge >= 0.3 is 0 Å². The van der Waals surface area contributed by atoms with Crippen LogP contribution in [0.5, 0.6) is 11.5 Å². The highest BCUT2D eigenvalue weighted by atomic mass is 16.5. The van der Waals surface area contributed by atoms with Gasteiger partial charge in [-0.25, -0.2) is 0 Å². The maximum Gasteiger partial charge on any atom is 0.226 e. The van der Waals surface area contributed by atoms with E-state index in [0.717, 1.165) is 18.4 Å². The van der Waals surface area contributed by atoms with Crippen molar-refractivity contribution in [3.63, 3.8) is 0 Å². The van der Waals surface area contributed by atoms with Crippen molar-refractivity contribution in [1.29, 1.82) is 0 Å². The van der Waals surface area contributed by atoms with Gasteiger partial charge < -0.3 is 14.4 Å². The first kappa shape index (κ1) is 16.0. The highest BCUT2D eigenvalue weighted by Gasteiger charge is 2.58. The summed E-state index contributed by atoms with van der Waals surface area (Å²) in [4.78, 5) is 14.8. The number of hydrogen-bond donors (Lipinski definition) is 0. The first-order valence-corrected chi connectivity index (χ1v) is 8.76. The number of ether oxygens (including phenoxy) is 2. The number of hydrogen-bond acceptors (Lipinski definition) is 3. The molecule has 130 valence electrons. The second kappa shape index (κ2) is 6.43. The summed E-state index contributed by atoms with van der Waals surface area (Å²) in [5.74, 6) is 2.49. The van der Waals surface area contributed by atoms with Gasteiger partial charge in [-0.2, -0.15) is 0 Å². The fourth-order valence-electron chi connectivity index (χ4n) is 4.02. The Hall–Kier alpha value is -2.49. The molecule has 1 aliphatic carbocycles. The molecule has 4 heteroatoms. The van der Waals surface area contributed by atoms with Crippen molar-refractivity contribution in [2.75, 3.05) is 14.2 Å². The van der Waals surface area contributed by atoms with Gasteiger partial charge in [0.15, 0.2) is 11.5 Å². The predicted octanol–water partition coefficient (Wildman–Crippen LogP) is 3.29. The Kier molecular flexibility index (Phi) is 4.12. The molecule has 1 aliphatic heterocycles. The fraction of sp³-hybridized carbons (Fsp3) is 0.381. The van der Waals surface area contributed by atoms with Crippen molar-refractivity contribution in [1.82, 2.24) is 4.90 Å². The van der Waals surface area contributed by atoms with Gasteiger partial charge in [-0.15, -0.1) is 0 Å². The zero-order valence-electron chi connectivity index (χ0n) is 14.6. The third kappa shape index (κ3) is 2.97. The zero-order chi connectivity index (χ0) is 17.4. The molecule has 1 amide bonds. The molecule has 0 N–H and O–H groups in total. The Morgan fingerprint density at radius 2 is 1.76 bits per heavy atom. The largest absolute Gasteiger partial charge is 0.493 e. The molecule has 0 aromatic heterocycles. The molecule has 25 heavy (non-hydrogen) atoms. The molecule has 0 spiro atoms. The number of piperidine rings is 1. The molecule has 1 heterocycles. The molecule has 0 radical (unpaired) electrons. The standard InChI is InChI=1S/C21H23NO3/c1-24-19-9-8-15(11-20(19)25-2)13-22-18(16-12-17(16)21(22)23)10-14-6-4-3-5-7-14/h3-9,11,16-18H,10,12-13H2,1-2H3.